The molecule has 1 aromatic heterocycles. The van der Waals surface area contributed by atoms with Crippen LogP contribution in [0, 0.1) is 0 Å². The molecule has 2 fully saturated rings. The summed E-state index contributed by atoms with van der Waals surface area (Å²) < 4.78 is 37.2. The Bertz CT molecular complexity index is 457. The fourth-order valence-corrected chi connectivity index (χ4v) is 4.01. The van der Waals surface area contributed by atoms with Gasteiger partial charge in [-0.15, -0.1) is 11.3 Å². The van der Waals surface area contributed by atoms with Gasteiger partial charge in [0.2, 0.25) is 0 Å². The highest BCUT2D eigenvalue weighted by molar-refractivity contribution is 7.13. The number of piperidine rings is 1. The average molecular weight is 334 g/mol. The van der Waals surface area contributed by atoms with Crippen LogP contribution in [0.15, 0.2) is 11.6 Å². The minimum absolute atomic E-state index is 0.193. The van der Waals surface area contributed by atoms with E-state index in [4.69, 9.17) is 0 Å². The highest BCUT2D eigenvalue weighted by atomic mass is 32.1. The minimum Gasteiger partial charge on any atom is -0.348 e. The first-order valence-corrected chi connectivity index (χ1v) is 8.57. The fourth-order valence-electron chi connectivity index (χ4n) is 3.31. The zero-order chi connectivity index (χ0) is 15.6. The van der Waals surface area contributed by atoms with E-state index in [9.17, 15) is 13.2 Å². The van der Waals surface area contributed by atoms with E-state index in [1.54, 1.807) is 11.3 Å². The molecule has 1 N–H and O–H groups in total. The summed E-state index contributed by atoms with van der Waals surface area (Å²) in [6, 6.07) is 0.603. The molecule has 124 valence electrons. The molecule has 2 saturated heterocycles. The van der Waals surface area contributed by atoms with Crippen LogP contribution in [0.25, 0.3) is 0 Å². The van der Waals surface area contributed by atoms with Crippen molar-refractivity contribution in [3.05, 3.63) is 11.6 Å². The van der Waals surface area contributed by atoms with Crippen molar-refractivity contribution in [3.8, 4) is 0 Å². The van der Waals surface area contributed by atoms with Crippen molar-refractivity contribution in [2.45, 2.75) is 37.5 Å². The second-order valence-electron chi connectivity index (χ2n) is 6.08. The predicted octanol–water partition coefficient (Wildman–Crippen LogP) is 2.34. The van der Waals surface area contributed by atoms with Gasteiger partial charge in [-0.1, -0.05) is 0 Å². The van der Waals surface area contributed by atoms with Gasteiger partial charge in [0.1, 0.15) is 0 Å². The van der Waals surface area contributed by atoms with Gasteiger partial charge in [-0.3, -0.25) is 4.90 Å². The SMILES string of the molecule is FC(F)(F)CN1CC[C@H](NC2CCN(c3nccs3)CC2)C1. The quantitative estimate of drug-likeness (QED) is 0.916. The Balaban J connectivity index is 1.40. The van der Waals surface area contributed by atoms with Crippen molar-refractivity contribution in [1.29, 1.82) is 0 Å². The van der Waals surface area contributed by atoms with Crippen LogP contribution in [-0.4, -0.2) is 60.9 Å². The van der Waals surface area contributed by atoms with Gasteiger partial charge in [0, 0.05) is 49.8 Å². The zero-order valence-corrected chi connectivity index (χ0v) is 13.2. The summed E-state index contributed by atoms with van der Waals surface area (Å²) in [6.07, 6.45) is 0.583. The van der Waals surface area contributed by atoms with Crippen molar-refractivity contribution >= 4 is 16.5 Å². The third kappa shape index (κ3) is 4.33. The summed E-state index contributed by atoms with van der Waals surface area (Å²) in [6.45, 7) is 2.18. The van der Waals surface area contributed by atoms with E-state index in [0.717, 1.165) is 37.5 Å². The third-order valence-electron chi connectivity index (χ3n) is 4.33. The van der Waals surface area contributed by atoms with Crippen LogP contribution in [-0.2, 0) is 0 Å². The van der Waals surface area contributed by atoms with Crippen LogP contribution >= 0.6 is 11.3 Å². The summed E-state index contributed by atoms with van der Waals surface area (Å²) in [7, 11) is 0. The summed E-state index contributed by atoms with van der Waals surface area (Å²) in [5, 5.41) is 6.59. The van der Waals surface area contributed by atoms with E-state index in [1.807, 2.05) is 11.6 Å². The number of nitrogens with zero attached hydrogens (tertiary/aromatic N) is 3. The molecule has 0 radical (unpaired) electrons. The van der Waals surface area contributed by atoms with Gasteiger partial charge < -0.3 is 10.2 Å². The van der Waals surface area contributed by atoms with E-state index >= 15 is 0 Å². The number of hydrogen-bond acceptors (Lipinski definition) is 5. The Morgan fingerprint density at radius 2 is 1.91 bits per heavy atom. The van der Waals surface area contributed by atoms with E-state index in [0.29, 0.717) is 19.1 Å². The number of alkyl halides is 3. The van der Waals surface area contributed by atoms with E-state index in [-0.39, 0.29) is 6.04 Å². The predicted molar refractivity (Wildman–Crippen MR) is 81.4 cm³/mol. The number of aromatic nitrogens is 1. The Hall–Kier alpha value is -0.860. The molecule has 4 nitrogen and oxygen atoms in total. The van der Waals surface area contributed by atoms with Gasteiger partial charge in [-0.2, -0.15) is 13.2 Å². The maximum absolute atomic E-state index is 12.4. The van der Waals surface area contributed by atoms with Crippen LogP contribution in [0.5, 0.6) is 0 Å². The van der Waals surface area contributed by atoms with E-state index < -0.39 is 12.7 Å². The molecule has 1 atom stereocenters. The van der Waals surface area contributed by atoms with E-state index in [1.165, 1.54) is 4.90 Å². The number of rotatable bonds is 4. The maximum Gasteiger partial charge on any atom is 0.401 e. The molecule has 0 amide bonds. The molecule has 2 aliphatic heterocycles. The monoisotopic (exact) mass is 334 g/mol. The first kappa shape index (κ1) is 16.0. The Morgan fingerprint density at radius 3 is 2.55 bits per heavy atom. The third-order valence-corrected chi connectivity index (χ3v) is 5.16. The Labute approximate surface area is 132 Å². The van der Waals surface area contributed by atoms with Crippen molar-refractivity contribution in [1.82, 2.24) is 15.2 Å². The Morgan fingerprint density at radius 1 is 1.18 bits per heavy atom. The van der Waals surface area contributed by atoms with Crippen LogP contribution < -0.4 is 10.2 Å². The molecular formula is C14H21F3N4S. The van der Waals surface area contributed by atoms with Gasteiger partial charge in [0.15, 0.2) is 5.13 Å². The molecule has 0 spiro atoms. The molecule has 3 rings (SSSR count). The lowest BCUT2D eigenvalue weighted by atomic mass is 10.0. The number of hydrogen-bond donors (Lipinski definition) is 1. The molecule has 0 bridgehead atoms. The smallest absolute Gasteiger partial charge is 0.348 e. The lowest BCUT2D eigenvalue weighted by molar-refractivity contribution is -0.143. The first-order chi connectivity index (χ1) is 10.5. The summed E-state index contributed by atoms with van der Waals surface area (Å²) in [5.74, 6) is 0. The molecule has 22 heavy (non-hydrogen) atoms. The van der Waals surface area contributed by atoms with Crippen molar-refractivity contribution in [2.24, 2.45) is 0 Å². The van der Waals surface area contributed by atoms with E-state index in [2.05, 4.69) is 15.2 Å². The average Bonchev–Trinajstić information content (AvgIpc) is 3.10. The summed E-state index contributed by atoms with van der Waals surface area (Å²) >= 11 is 1.65. The molecule has 0 aromatic carbocycles. The minimum atomic E-state index is -4.09. The van der Waals surface area contributed by atoms with Gasteiger partial charge >= 0.3 is 6.18 Å². The Kier molecular flexibility index (Phi) is 4.89. The molecule has 2 aliphatic rings. The lowest BCUT2D eigenvalue weighted by Crippen LogP contribution is -2.47. The number of anilines is 1. The first-order valence-electron chi connectivity index (χ1n) is 7.69. The number of likely N-dealkylation sites (tertiary alicyclic amines) is 1. The second-order valence-corrected chi connectivity index (χ2v) is 6.95. The van der Waals surface area contributed by atoms with Gasteiger partial charge in [0.05, 0.1) is 6.54 Å². The van der Waals surface area contributed by atoms with Crippen LogP contribution in [0.1, 0.15) is 19.3 Å². The number of nitrogens with one attached hydrogen (secondary N) is 1. The largest absolute Gasteiger partial charge is 0.401 e. The number of thiazole rings is 1. The van der Waals surface area contributed by atoms with Gasteiger partial charge in [-0.05, 0) is 19.3 Å². The van der Waals surface area contributed by atoms with Crippen molar-refractivity contribution in [3.63, 3.8) is 0 Å². The summed E-state index contributed by atoms with van der Waals surface area (Å²) in [5.41, 5.74) is 0. The molecule has 8 heteroatoms. The number of halogens is 3. The highest BCUT2D eigenvalue weighted by Gasteiger charge is 2.35. The standard InChI is InChI=1S/C14H21F3N4S/c15-14(16,17)10-20-5-1-12(9-20)19-11-2-6-21(7-3-11)13-18-4-8-22-13/h4,8,11-12,19H,1-3,5-7,9-10H2/t12-/m0/s1. The topological polar surface area (TPSA) is 31.4 Å². The lowest BCUT2D eigenvalue weighted by Gasteiger charge is -2.33. The molecular weight excluding hydrogens is 313 g/mol. The van der Waals surface area contributed by atoms with Crippen LogP contribution in [0.4, 0.5) is 18.3 Å². The molecule has 0 aliphatic carbocycles. The zero-order valence-electron chi connectivity index (χ0n) is 12.4. The van der Waals surface area contributed by atoms with Crippen molar-refractivity contribution < 1.29 is 13.2 Å². The molecule has 0 saturated carbocycles. The van der Waals surface area contributed by atoms with Gasteiger partial charge in [0.25, 0.3) is 0 Å². The van der Waals surface area contributed by atoms with Gasteiger partial charge in [-0.25, -0.2) is 4.98 Å². The van der Waals surface area contributed by atoms with Crippen LogP contribution in [0.2, 0.25) is 0 Å². The van der Waals surface area contributed by atoms with Crippen LogP contribution in [0.3, 0.4) is 0 Å². The summed E-state index contributed by atoms with van der Waals surface area (Å²) in [4.78, 5) is 8.11. The molecule has 0 unspecified atom stereocenters. The van der Waals surface area contributed by atoms with Crippen molar-refractivity contribution in [2.75, 3.05) is 37.6 Å². The normalized spacial score (nSPS) is 25.0. The second kappa shape index (κ2) is 6.72. The molecule has 3 heterocycles. The molecule has 1 aromatic rings. The highest BCUT2D eigenvalue weighted by Crippen LogP contribution is 2.24. The fraction of sp³-hybridized carbons (Fsp3) is 0.786. The maximum atomic E-state index is 12.4.